The van der Waals surface area contributed by atoms with Crippen LogP contribution in [0.25, 0.3) is 17.3 Å². The number of carboxylic acids is 1. The van der Waals surface area contributed by atoms with Gasteiger partial charge in [0.1, 0.15) is 0 Å². The fourth-order valence-electron chi connectivity index (χ4n) is 4.92. The second kappa shape index (κ2) is 12.2. The fraction of sp³-hybridized carbons (Fsp3) is 0.194. The number of amides is 2. The minimum Gasteiger partial charge on any atom is -0.476 e. The van der Waals surface area contributed by atoms with Crippen LogP contribution in [0.5, 0.6) is 0 Å². The third-order valence-corrected chi connectivity index (χ3v) is 8.31. The Morgan fingerprint density at radius 1 is 0.878 bits per heavy atom. The van der Waals surface area contributed by atoms with Crippen LogP contribution in [0.4, 0.5) is 4.79 Å². The third-order valence-electron chi connectivity index (χ3n) is 6.96. The molecule has 9 nitrogen and oxygen atoms in total. The molecule has 10 heteroatoms. The van der Waals surface area contributed by atoms with Crippen LogP contribution in [0.2, 0.25) is 0 Å². The molecule has 0 saturated heterocycles. The van der Waals surface area contributed by atoms with Gasteiger partial charge in [-0.15, -0.1) is 0 Å². The molecule has 1 saturated carbocycles. The molecule has 0 spiro atoms. The molecule has 1 aliphatic carbocycles. The smallest absolute Gasteiger partial charge is 0.356 e. The normalized spacial score (nSPS) is 14.4. The van der Waals surface area contributed by atoms with Gasteiger partial charge in [-0.3, -0.25) is 0 Å². The van der Waals surface area contributed by atoms with E-state index in [0.717, 1.165) is 48.8 Å². The summed E-state index contributed by atoms with van der Waals surface area (Å²) in [4.78, 5) is 24.2. The lowest BCUT2D eigenvalue weighted by molar-refractivity contribution is 0.0690. The summed E-state index contributed by atoms with van der Waals surface area (Å²) in [7, 11) is -4.12. The second-order valence-corrected chi connectivity index (χ2v) is 11.6. The molecule has 0 aliphatic heterocycles. The van der Waals surface area contributed by atoms with Gasteiger partial charge in [-0.1, -0.05) is 79.9 Å². The van der Waals surface area contributed by atoms with Crippen molar-refractivity contribution in [2.24, 2.45) is 0 Å². The number of aromatic carboxylic acids is 1. The molecule has 0 atom stereocenters. The van der Waals surface area contributed by atoms with Crippen LogP contribution in [-0.4, -0.2) is 41.3 Å². The van der Waals surface area contributed by atoms with Crippen molar-refractivity contribution in [1.82, 2.24) is 19.8 Å². The molecular weight excluding hydrogens is 540 g/mol. The van der Waals surface area contributed by atoms with Gasteiger partial charge in [-0.05, 0) is 60.4 Å². The summed E-state index contributed by atoms with van der Waals surface area (Å²) in [6.07, 6.45) is 6.73. The molecule has 210 valence electrons. The van der Waals surface area contributed by atoms with E-state index in [9.17, 15) is 23.1 Å². The van der Waals surface area contributed by atoms with Crippen LogP contribution in [0, 0.1) is 0 Å². The minimum absolute atomic E-state index is 0.0363. The number of urea groups is 1. The van der Waals surface area contributed by atoms with Gasteiger partial charge in [0.15, 0.2) is 5.69 Å². The molecule has 1 aliphatic rings. The lowest BCUT2D eigenvalue weighted by atomic mass is 9.96. The number of sulfonamides is 1. The van der Waals surface area contributed by atoms with Gasteiger partial charge in [0.2, 0.25) is 0 Å². The van der Waals surface area contributed by atoms with Crippen molar-refractivity contribution >= 4 is 33.7 Å². The van der Waals surface area contributed by atoms with Crippen LogP contribution in [-0.2, 0) is 10.0 Å². The first-order chi connectivity index (χ1) is 19.8. The molecule has 5 rings (SSSR count). The molecule has 0 unspecified atom stereocenters. The van der Waals surface area contributed by atoms with E-state index in [1.54, 1.807) is 0 Å². The number of rotatable bonds is 8. The standard InChI is InChI=1S/C31H30N4O5S/c36-30(37)28-21-29(27(23-12-6-2-7-13-23)20-22-10-4-1-5-11-22)35(33-28)25-16-18-26(19-17-25)41(39,40)34-31(38)32-24-14-8-3-9-15-24/h1-2,4-7,10-13,16-21,24H,3,8-9,14-15H2,(H,36,37)(H2,32,34,38)/b27-20+. The Balaban J connectivity index is 1.48. The number of nitrogens with one attached hydrogen (secondary N) is 2. The maximum absolute atomic E-state index is 12.9. The van der Waals surface area contributed by atoms with Crippen LogP contribution in [0.15, 0.2) is 95.9 Å². The fourth-order valence-corrected chi connectivity index (χ4v) is 5.84. The Morgan fingerprint density at radius 3 is 2.15 bits per heavy atom. The van der Waals surface area contributed by atoms with E-state index in [4.69, 9.17) is 0 Å². The highest BCUT2D eigenvalue weighted by Gasteiger charge is 2.23. The van der Waals surface area contributed by atoms with Gasteiger partial charge in [0.25, 0.3) is 10.0 Å². The third kappa shape index (κ3) is 6.72. The predicted molar refractivity (Wildman–Crippen MR) is 156 cm³/mol. The highest BCUT2D eigenvalue weighted by molar-refractivity contribution is 7.90. The number of hydrogen-bond acceptors (Lipinski definition) is 5. The molecule has 4 aromatic rings. The first kappa shape index (κ1) is 27.9. The molecule has 1 heterocycles. The van der Waals surface area contributed by atoms with Crippen LogP contribution < -0.4 is 10.0 Å². The van der Waals surface area contributed by atoms with E-state index < -0.39 is 22.0 Å². The SMILES string of the molecule is O=C(NC1CCCCC1)NS(=O)(=O)c1ccc(-n2nc(C(=O)O)cc2/C(=C/c2ccccc2)c2ccccc2)cc1. The number of nitrogens with zero attached hydrogens (tertiary/aromatic N) is 2. The number of carboxylic acid groups (broad SMARTS) is 1. The Bertz CT molecular complexity index is 1660. The topological polar surface area (TPSA) is 130 Å². The van der Waals surface area contributed by atoms with Gasteiger partial charge >= 0.3 is 12.0 Å². The molecule has 3 N–H and O–H groups in total. The number of carbonyl (C=O) groups excluding carboxylic acids is 1. The largest absolute Gasteiger partial charge is 0.476 e. The van der Waals surface area contributed by atoms with E-state index in [1.807, 2.05) is 66.7 Å². The molecule has 0 radical (unpaired) electrons. The van der Waals surface area contributed by atoms with Crippen molar-refractivity contribution < 1.29 is 23.1 Å². The molecule has 1 fully saturated rings. The Kier molecular flexibility index (Phi) is 8.30. The first-order valence-corrected chi connectivity index (χ1v) is 14.9. The van der Waals surface area contributed by atoms with Crippen molar-refractivity contribution in [3.05, 3.63) is 114 Å². The lowest BCUT2D eigenvalue weighted by Crippen LogP contribution is -2.45. The highest BCUT2D eigenvalue weighted by Crippen LogP contribution is 2.29. The Hall–Kier alpha value is -4.70. The first-order valence-electron chi connectivity index (χ1n) is 13.4. The van der Waals surface area contributed by atoms with Gasteiger partial charge < -0.3 is 10.4 Å². The van der Waals surface area contributed by atoms with Crippen molar-refractivity contribution in [2.75, 3.05) is 0 Å². The quantitative estimate of drug-likeness (QED) is 0.241. The zero-order valence-corrected chi connectivity index (χ0v) is 23.0. The van der Waals surface area contributed by atoms with Crippen molar-refractivity contribution in [3.8, 4) is 5.69 Å². The number of benzene rings is 3. The van der Waals surface area contributed by atoms with E-state index in [-0.39, 0.29) is 16.6 Å². The average Bonchev–Trinajstić information content (AvgIpc) is 3.43. The molecular formula is C31H30N4O5S. The summed E-state index contributed by atoms with van der Waals surface area (Å²) < 4.78 is 29.4. The van der Waals surface area contributed by atoms with Crippen LogP contribution in [0.1, 0.15) is 59.4 Å². The van der Waals surface area contributed by atoms with Gasteiger partial charge in [-0.2, -0.15) is 5.10 Å². The van der Waals surface area contributed by atoms with E-state index in [0.29, 0.717) is 11.4 Å². The minimum atomic E-state index is -4.12. The molecule has 2 amide bonds. The van der Waals surface area contributed by atoms with Crippen LogP contribution in [0.3, 0.4) is 0 Å². The van der Waals surface area contributed by atoms with Crippen molar-refractivity contribution in [3.63, 3.8) is 0 Å². The Labute approximate surface area is 238 Å². The lowest BCUT2D eigenvalue weighted by Gasteiger charge is -2.22. The summed E-state index contributed by atoms with van der Waals surface area (Å²) in [5.41, 5.74) is 3.30. The van der Waals surface area contributed by atoms with Gasteiger partial charge in [0, 0.05) is 11.6 Å². The Morgan fingerprint density at radius 2 is 1.51 bits per heavy atom. The molecule has 41 heavy (non-hydrogen) atoms. The summed E-state index contributed by atoms with van der Waals surface area (Å²) in [6.45, 7) is 0. The van der Waals surface area contributed by atoms with E-state index >= 15 is 0 Å². The second-order valence-electron chi connectivity index (χ2n) is 9.87. The summed E-state index contributed by atoms with van der Waals surface area (Å²) in [6, 6.07) is 25.6. The molecule has 1 aromatic heterocycles. The van der Waals surface area contributed by atoms with Crippen molar-refractivity contribution in [2.45, 2.75) is 43.0 Å². The summed E-state index contributed by atoms with van der Waals surface area (Å²) in [5.74, 6) is -1.19. The predicted octanol–water partition coefficient (Wildman–Crippen LogP) is 5.48. The number of hydrogen-bond donors (Lipinski definition) is 3. The average molecular weight is 571 g/mol. The molecule has 3 aromatic carbocycles. The van der Waals surface area contributed by atoms with E-state index in [2.05, 4.69) is 15.1 Å². The van der Waals surface area contributed by atoms with Gasteiger partial charge in [-0.25, -0.2) is 27.4 Å². The zero-order valence-electron chi connectivity index (χ0n) is 22.2. The monoisotopic (exact) mass is 570 g/mol. The number of aromatic nitrogens is 2. The van der Waals surface area contributed by atoms with Gasteiger partial charge in [0.05, 0.1) is 16.3 Å². The van der Waals surface area contributed by atoms with Crippen LogP contribution >= 0.6 is 0 Å². The molecule has 0 bridgehead atoms. The maximum Gasteiger partial charge on any atom is 0.356 e. The summed E-state index contributed by atoms with van der Waals surface area (Å²) >= 11 is 0. The highest BCUT2D eigenvalue weighted by atomic mass is 32.2. The van der Waals surface area contributed by atoms with E-state index in [1.165, 1.54) is 35.0 Å². The van der Waals surface area contributed by atoms with Crippen molar-refractivity contribution in [1.29, 1.82) is 0 Å². The summed E-state index contributed by atoms with van der Waals surface area (Å²) in [5, 5.41) is 16.8. The maximum atomic E-state index is 12.9. The zero-order chi connectivity index (χ0) is 28.8. The number of carbonyl (C=O) groups is 2.